The van der Waals surface area contributed by atoms with Crippen LogP contribution in [0.25, 0.3) is 0 Å². The third-order valence-corrected chi connectivity index (χ3v) is 8.05. The average Bonchev–Trinajstić information content (AvgIpc) is 2.97. The summed E-state index contributed by atoms with van der Waals surface area (Å²) in [5.74, 6) is 0.877. The Bertz CT molecular complexity index is 1410. The Morgan fingerprint density at radius 2 is 1.93 bits per heavy atom. The van der Waals surface area contributed by atoms with E-state index >= 15 is 0 Å². The van der Waals surface area contributed by atoms with Crippen LogP contribution in [0.1, 0.15) is 30.7 Å². The molecule has 2 aromatic carbocycles. The molecule has 212 valence electrons. The summed E-state index contributed by atoms with van der Waals surface area (Å²) in [4.78, 5) is 32.6. The summed E-state index contributed by atoms with van der Waals surface area (Å²) in [6, 6.07) is 14.9. The highest BCUT2D eigenvalue weighted by Crippen LogP contribution is 2.34. The summed E-state index contributed by atoms with van der Waals surface area (Å²) in [6.07, 6.45) is 2.76. The van der Waals surface area contributed by atoms with Crippen molar-refractivity contribution in [3.05, 3.63) is 75.8 Å². The zero-order valence-electron chi connectivity index (χ0n) is 22.4. The first kappa shape index (κ1) is 27.9. The molecule has 2 fully saturated rings. The first-order valence-corrected chi connectivity index (χ1v) is 13.8. The van der Waals surface area contributed by atoms with Crippen molar-refractivity contribution < 1.29 is 19.4 Å². The van der Waals surface area contributed by atoms with Gasteiger partial charge in [0.05, 0.1) is 19.3 Å². The van der Waals surface area contributed by atoms with Gasteiger partial charge in [0, 0.05) is 42.6 Å². The summed E-state index contributed by atoms with van der Waals surface area (Å²) in [5, 5.41) is 15.1. The number of aromatic nitrogens is 2. The summed E-state index contributed by atoms with van der Waals surface area (Å²) in [7, 11) is 1.50. The molecule has 40 heavy (non-hydrogen) atoms. The number of hydrogen-bond acceptors (Lipinski definition) is 8. The Balaban J connectivity index is 1.23. The minimum atomic E-state index is -1.18. The van der Waals surface area contributed by atoms with Crippen LogP contribution < -0.4 is 26.1 Å². The number of benzene rings is 2. The summed E-state index contributed by atoms with van der Waals surface area (Å²) in [5.41, 5.74) is 5.35. The largest absolute Gasteiger partial charge is 0.497 e. The van der Waals surface area contributed by atoms with Crippen LogP contribution in [0.3, 0.4) is 0 Å². The fourth-order valence-corrected chi connectivity index (χ4v) is 5.78. The van der Waals surface area contributed by atoms with Gasteiger partial charge in [-0.15, -0.1) is 0 Å². The number of halogens is 1. The minimum absolute atomic E-state index is 0.0102. The molecule has 0 saturated carbocycles. The molecule has 0 aliphatic carbocycles. The van der Waals surface area contributed by atoms with Gasteiger partial charge in [-0.05, 0) is 43.5 Å². The lowest BCUT2D eigenvalue weighted by Gasteiger charge is -2.41. The van der Waals surface area contributed by atoms with Crippen LogP contribution in [-0.4, -0.2) is 64.4 Å². The summed E-state index contributed by atoms with van der Waals surface area (Å²) in [6.45, 7) is 2.41. The van der Waals surface area contributed by atoms with E-state index in [2.05, 4.69) is 22.4 Å². The number of amides is 1. The number of nitrogens with zero attached hydrogens (tertiary/aromatic N) is 3. The van der Waals surface area contributed by atoms with E-state index in [0.29, 0.717) is 42.5 Å². The molecule has 2 aliphatic heterocycles. The maximum atomic E-state index is 13.6. The van der Waals surface area contributed by atoms with Gasteiger partial charge in [0.25, 0.3) is 5.56 Å². The van der Waals surface area contributed by atoms with E-state index in [1.807, 2.05) is 23.1 Å². The monoisotopic (exact) mass is 567 g/mol. The van der Waals surface area contributed by atoms with Gasteiger partial charge in [0.1, 0.15) is 17.8 Å². The highest BCUT2D eigenvalue weighted by atomic mass is 35.5. The maximum absolute atomic E-state index is 13.6. The van der Waals surface area contributed by atoms with Crippen molar-refractivity contribution in [2.24, 2.45) is 5.92 Å². The maximum Gasteiger partial charge on any atom is 0.280 e. The second kappa shape index (κ2) is 11.9. The Morgan fingerprint density at radius 3 is 2.65 bits per heavy atom. The van der Waals surface area contributed by atoms with Crippen LogP contribution in [0.15, 0.2) is 59.7 Å². The third kappa shape index (κ3) is 6.09. The Labute approximate surface area is 237 Å². The highest BCUT2D eigenvalue weighted by Gasteiger charge is 2.39. The van der Waals surface area contributed by atoms with E-state index in [1.165, 1.54) is 18.0 Å². The number of carbonyl (C=O) groups excluding carboxylic acids is 1. The zero-order valence-corrected chi connectivity index (χ0v) is 23.1. The van der Waals surface area contributed by atoms with Gasteiger partial charge in [0.15, 0.2) is 5.69 Å². The number of anilines is 1. The lowest BCUT2D eigenvalue weighted by molar-refractivity contribution is -0.141. The van der Waals surface area contributed by atoms with Crippen molar-refractivity contribution in [3.8, 4) is 17.4 Å². The van der Waals surface area contributed by atoms with Crippen LogP contribution in [-0.2, 0) is 11.3 Å². The zero-order chi connectivity index (χ0) is 28.3. The number of ether oxygens (including phenoxy) is 2. The first-order valence-electron chi connectivity index (χ1n) is 13.4. The number of likely N-dealkylation sites (tertiary alicyclic amines) is 1. The second-order valence-electron chi connectivity index (χ2n) is 10.5. The lowest BCUT2D eigenvalue weighted by atomic mass is 9.80. The molecule has 0 unspecified atom stereocenters. The molecule has 2 saturated heterocycles. The first-order chi connectivity index (χ1) is 19.3. The number of nitrogens with one attached hydrogen (secondary N) is 1. The molecule has 1 aromatic heterocycles. The van der Waals surface area contributed by atoms with Crippen molar-refractivity contribution in [2.45, 2.75) is 37.3 Å². The normalized spacial score (nSPS) is 20.6. The van der Waals surface area contributed by atoms with E-state index < -0.39 is 11.2 Å². The van der Waals surface area contributed by atoms with E-state index in [-0.39, 0.29) is 35.9 Å². The molecule has 1 amide bonds. The van der Waals surface area contributed by atoms with Gasteiger partial charge in [-0.1, -0.05) is 41.9 Å². The molecule has 3 heterocycles. The fourth-order valence-electron chi connectivity index (χ4n) is 5.57. The van der Waals surface area contributed by atoms with Gasteiger partial charge in [-0.25, -0.2) is 4.98 Å². The molecule has 0 bridgehead atoms. The number of carbonyl (C=O) groups is 1. The lowest BCUT2D eigenvalue weighted by Crippen LogP contribution is -2.52. The Morgan fingerprint density at radius 1 is 1.20 bits per heavy atom. The number of nitrogens with two attached hydrogens (primary N) is 1. The highest BCUT2D eigenvalue weighted by molar-refractivity contribution is 6.30. The van der Waals surface area contributed by atoms with E-state index in [4.69, 9.17) is 26.8 Å². The molecule has 10 nitrogen and oxygen atoms in total. The molecule has 2 aliphatic rings. The SMILES string of the molecule is COc1cc(Cl)cc(Oc2ncn(CC3(O)CCN(C(=O)[C@@H]4CCNC[C@H]4c4ccccc4)CC3)c(=O)c2N)c1. The van der Waals surface area contributed by atoms with Gasteiger partial charge >= 0.3 is 0 Å². The van der Waals surface area contributed by atoms with Crippen LogP contribution in [0.5, 0.6) is 17.4 Å². The van der Waals surface area contributed by atoms with E-state index in [1.54, 1.807) is 18.2 Å². The molecule has 5 rings (SSSR count). The number of rotatable bonds is 7. The van der Waals surface area contributed by atoms with Crippen molar-refractivity contribution >= 4 is 23.2 Å². The van der Waals surface area contributed by atoms with Crippen molar-refractivity contribution in [1.29, 1.82) is 0 Å². The van der Waals surface area contributed by atoms with Crippen molar-refractivity contribution in [2.75, 3.05) is 39.0 Å². The van der Waals surface area contributed by atoms with Crippen LogP contribution in [0.4, 0.5) is 5.69 Å². The standard InChI is InChI=1S/C29H34ClN5O5/c1-39-21-13-20(30)14-22(15-21)40-26-25(31)28(37)35(18-33-26)17-29(38)8-11-34(12-9-29)27(36)23-7-10-32-16-24(23)19-5-3-2-4-6-19/h2-6,13-15,18,23-24,32,38H,7-12,16-17,31H2,1H3/t23-,24+/m1/s1. The van der Waals surface area contributed by atoms with Gasteiger partial charge in [-0.3, -0.25) is 14.2 Å². The molecule has 0 radical (unpaired) electrons. The Hall–Kier alpha value is -3.60. The van der Waals surface area contributed by atoms with Crippen LogP contribution >= 0.6 is 11.6 Å². The number of hydrogen-bond donors (Lipinski definition) is 3. The molecular formula is C29H34ClN5O5. The Kier molecular flexibility index (Phi) is 8.30. The van der Waals surface area contributed by atoms with Crippen molar-refractivity contribution in [1.82, 2.24) is 19.8 Å². The average molecular weight is 568 g/mol. The predicted molar refractivity (Wildman–Crippen MR) is 152 cm³/mol. The fraction of sp³-hybridized carbons (Fsp3) is 0.414. The molecule has 2 atom stereocenters. The summed E-state index contributed by atoms with van der Waals surface area (Å²) >= 11 is 6.09. The molecule has 11 heteroatoms. The number of methoxy groups -OCH3 is 1. The van der Waals surface area contributed by atoms with Gasteiger partial charge in [-0.2, -0.15) is 0 Å². The molecule has 0 spiro atoms. The van der Waals surface area contributed by atoms with E-state index in [9.17, 15) is 14.7 Å². The predicted octanol–water partition coefficient (Wildman–Crippen LogP) is 3.03. The minimum Gasteiger partial charge on any atom is -0.497 e. The van der Waals surface area contributed by atoms with Gasteiger partial charge in [0.2, 0.25) is 11.8 Å². The third-order valence-electron chi connectivity index (χ3n) is 7.83. The molecule has 4 N–H and O–H groups in total. The van der Waals surface area contributed by atoms with E-state index in [0.717, 1.165) is 25.1 Å². The number of nitrogen functional groups attached to an aromatic ring is 1. The molecular weight excluding hydrogens is 534 g/mol. The quantitative estimate of drug-likeness (QED) is 0.397. The van der Waals surface area contributed by atoms with Crippen LogP contribution in [0, 0.1) is 5.92 Å². The molecule has 3 aromatic rings. The van der Waals surface area contributed by atoms with Gasteiger partial charge < -0.3 is 30.5 Å². The number of piperidine rings is 2. The smallest absolute Gasteiger partial charge is 0.280 e. The van der Waals surface area contributed by atoms with Crippen LogP contribution in [0.2, 0.25) is 5.02 Å². The number of aliphatic hydroxyl groups is 1. The summed E-state index contributed by atoms with van der Waals surface area (Å²) < 4.78 is 12.2. The second-order valence-corrected chi connectivity index (χ2v) is 10.9. The topological polar surface area (TPSA) is 132 Å². The van der Waals surface area contributed by atoms with Crippen molar-refractivity contribution in [3.63, 3.8) is 0 Å².